The Morgan fingerprint density at radius 2 is 1.73 bits per heavy atom. The van der Waals surface area contributed by atoms with E-state index >= 15 is 0 Å². The minimum absolute atomic E-state index is 0.102. The molecule has 13 nitrogen and oxygen atoms in total. The summed E-state index contributed by atoms with van der Waals surface area (Å²) in [7, 11) is -4.37. The van der Waals surface area contributed by atoms with Crippen molar-refractivity contribution in [2.75, 3.05) is 31.6 Å². The number of hydrogen-bond acceptors (Lipinski definition) is 11. The Kier molecular flexibility index (Phi) is 12.4. The zero-order chi connectivity index (χ0) is 29.7. The number of rotatable bonds is 15. The van der Waals surface area contributed by atoms with Gasteiger partial charge in [0.25, 0.3) is 5.91 Å². The van der Waals surface area contributed by atoms with Gasteiger partial charge < -0.3 is 29.6 Å². The summed E-state index contributed by atoms with van der Waals surface area (Å²) in [6.07, 6.45) is 0.422. The number of esters is 3. The molecule has 2 aromatic rings. The number of ether oxygens (including phenoxy) is 4. The predicted molar refractivity (Wildman–Crippen MR) is 143 cm³/mol. The highest BCUT2D eigenvalue weighted by Crippen LogP contribution is 2.37. The highest BCUT2D eigenvalue weighted by Gasteiger charge is 2.25. The molecule has 0 aliphatic rings. The monoisotopic (exact) mass is 579 g/mol. The number of anilines is 1. The third-order valence-corrected chi connectivity index (χ3v) is 6.01. The van der Waals surface area contributed by atoms with Crippen LogP contribution in [0.15, 0.2) is 47.4 Å². The third-order valence-electron chi connectivity index (χ3n) is 5.10. The molecule has 0 aliphatic heterocycles. The zero-order valence-electron chi connectivity index (χ0n) is 22.4. The first-order valence-electron chi connectivity index (χ1n) is 12.4. The number of para-hydroxylation sites is 1. The second kappa shape index (κ2) is 15.4. The minimum Gasteiger partial charge on any atom is -0.463 e. The summed E-state index contributed by atoms with van der Waals surface area (Å²) in [6.45, 7) is 4.06. The fourth-order valence-electron chi connectivity index (χ4n) is 3.16. The molecule has 218 valence electrons. The number of carbonyl (C=O) groups excluding carboxylic acids is 4. The lowest BCUT2D eigenvalue weighted by Gasteiger charge is -2.17. The molecule has 1 amide bonds. The molecule has 4 N–H and O–H groups in total. The van der Waals surface area contributed by atoms with Crippen molar-refractivity contribution >= 4 is 39.5 Å². The summed E-state index contributed by atoms with van der Waals surface area (Å²) in [5.74, 6) is -3.27. The number of amides is 1. The molecular formula is C26H33N3O10S. The Morgan fingerprint density at radius 1 is 1.02 bits per heavy atom. The average Bonchev–Trinajstić information content (AvgIpc) is 2.91. The van der Waals surface area contributed by atoms with Crippen LogP contribution in [0.4, 0.5) is 5.69 Å². The van der Waals surface area contributed by atoms with Gasteiger partial charge in [0.1, 0.15) is 17.2 Å². The van der Waals surface area contributed by atoms with Crippen molar-refractivity contribution < 1.29 is 46.5 Å². The fraction of sp³-hybridized carbons (Fsp3) is 0.385. The summed E-state index contributed by atoms with van der Waals surface area (Å²) < 4.78 is 45.3. The largest absolute Gasteiger partial charge is 0.463 e. The first-order chi connectivity index (χ1) is 19.0. The van der Waals surface area contributed by atoms with Gasteiger partial charge in [-0.3, -0.25) is 9.59 Å². The summed E-state index contributed by atoms with van der Waals surface area (Å²) >= 11 is 0. The lowest BCUT2D eigenvalue weighted by molar-refractivity contribution is -0.165. The summed E-state index contributed by atoms with van der Waals surface area (Å²) in [4.78, 5) is 47.7. The summed E-state index contributed by atoms with van der Waals surface area (Å²) in [6, 6.07) is 10.7. The Balaban J connectivity index is 2.15. The Bertz CT molecular complexity index is 1300. The van der Waals surface area contributed by atoms with E-state index in [1.54, 1.807) is 37.3 Å². The normalized spacial score (nSPS) is 11.6. The minimum atomic E-state index is -4.37. The summed E-state index contributed by atoms with van der Waals surface area (Å²) in [5, 5.41) is 10.7. The third kappa shape index (κ3) is 10.2. The van der Waals surface area contributed by atoms with Crippen molar-refractivity contribution in [3.63, 3.8) is 0 Å². The molecule has 0 heterocycles. The second-order valence-electron chi connectivity index (χ2n) is 8.33. The van der Waals surface area contributed by atoms with Crippen LogP contribution >= 0.6 is 0 Å². The van der Waals surface area contributed by atoms with E-state index in [0.717, 1.165) is 18.9 Å². The van der Waals surface area contributed by atoms with Gasteiger partial charge in [0.15, 0.2) is 18.5 Å². The first kappa shape index (κ1) is 32.0. The van der Waals surface area contributed by atoms with E-state index in [4.69, 9.17) is 24.1 Å². The molecule has 2 aromatic carbocycles. The van der Waals surface area contributed by atoms with Crippen LogP contribution in [0, 0.1) is 0 Å². The Labute approximate surface area is 232 Å². The highest BCUT2D eigenvalue weighted by molar-refractivity contribution is 7.89. The van der Waals surface area contributed by atoms with Crippen LogP contribution in [0.2, 0.25) is 0 Å². The molecule has 1 atom stereocenters. The SMILES string of the molecule is CCCCNc1cc(C(=O)OCC(=O)NCC(=O)O[C@@H](C)C(=O)OCC)cc(S(N)(=O)=O)c1Oc1ccccc1. The average molecular weight is 580 g/mol. The van der Waals surface area contributed by atoms with Crippen LogP contribution < -0.4 is 20.5 Å². The van der Waals surface area contributed by atoms with Gasteiger partial charge in [-0.05, 0) is 44.5 Å². The molecule has 0 spiro atoms. The number of sulfonamides is 1. The molecule has 0 saturated carbocycles. The first-order valence-corrected chi connectivity index (χ1v) is 14.0. The molecule has 14 heteroatoms. The van der Waals surface area contributed by atoms with E-state index in [9.17, 15) is 27.6 Å². The molecule has 0 aromatic heterocycles. The maximum atomic E-state index is 12.8. The standard InChI is InChI=1S/C26H33N3O10S/c1-4-6-12-28-20-13-18(14-21(40(27,34)35)24(20)39-19-10-8-7-9-11-19)26(33)37-16-22(30)29-15-23(31)38-17(3)25(32)36-5-2/h7-11,13-14,17,28H,4-6,12,15-16H2,1-3H3,(H,29,30)(H2,27,34,35)/t17-/m0/s1. The Hall–Kier alpha value is -4.17. The number of nitrogens with two attached hydrogens (primary N) is 1. The van der Waals surface area contributed by atoms with Gasteiger partial charge in [0.05, 0.1) is 17.9 Å². The van der Waals surface area contributed by atoms with Gasteiger partial charge in [-0.25, -0.2) is 23.1 Å². The fourth-order valence-corrected chi connectivity index (χ4v) is 3.86. The smallest absolute Gasteiger partial charge is 0.347 e. The molecule has 0 fully saturated rings. The van der Waals surface area contributed by atoms with E-state index in [0.29, 0.717) is 12.3 Å². The molecular weight excluding hydrogens is 546 g/mol. The number of unbranched alkanes of at least 4 members (excludes halogenated alkanes) is 1. The van der Waals surface area contributed by atoms with Crippen molar-refractivity contribution in [3.8, 4) is 11.5 Å². The van der Waals surface area contributed by atoms with Crippen LogP contribution in [-0.4, -0.2) is 64.6 Å². The number of nitrogens with one attached hydrogen (secondary N) is 2. The van der Waals surface area contributed by atoms with E-state index in [-0.39, 0.29) is 23.6 Å². The van der Waals surface area contributed by atoms with Crippen LogP contribution in [0.5, 0.6) is 11.5 Å². The maximum Gasteiger partial charge on any atom is 0.347 e. The molecule has 0 bridgehead atoms. The van der Waals surface area contributed by atoms with E-state index in [1.807, 2.05) is 6.92 Å². The van der Waals surface area contributed by atoms with Crippen molar-refractivity contribution in [1.29, 1.82) is 0 Å². The second-order valence-corrected chi connectivity index (χ2v) is 9.86. The van der Waals surface area contributed by atoms with E-state index in [1.165, 1.54) is 13.0 Å². The van der Waals surface area contributed by atoms with Gasteiger partial charge >= 0.3 is 17.9 Å². The molecule has 40 heavy (non-hydrogen) atoms. The van der Waals surface area contributed by atoms with Crippen molar-refractivity contribution in [1.82, 2.24) is 5.32 Å². The van der Waals surface area contributed by atoms with E-state index < -0.39 is 58.0 Å². The molecule has 0 aliphatic carbocycles. The van der Waals surface area contributed by atoms with Crippen molar-refractivity contribution in [2.45, 2.75) is 44.6 Å². The van der Waals surface area contributed by atoms with Crippen LogP contribution in [0.1, 0.15) is 44.0 Å². The number of primary sulfonamides is 1. The highest BCUT2D eigenvalue weighted by atomic mass is 32.2. The number of carbonyl (C=O) groups is 4. The van der Waals surface area contributed by atoms with Gasteiger partial charge in [0, 0.05) is 6.54 Å². The quantitative estimate of drug-likeness (QED) is 0.159. The van der Waals surface area contributed by atoms with Crippen LogP contribution in [0.25, 0.3) is 0 Å². The van der Waals surface area contributed by atoms with Gasteiger partial charge in [-0.2, -0.15) is 0 Å². The molecule has 0 saturated heterocycles. The zero-order valence-corrected chi connectivity index (χ0v) is 23.2. The van der Waals surface area contributed by atoms with Gasteiger partial charge in [0.2, 0.25) is 10.0 Å². The summed E-state index contributed by atoms with van der Waals surface area (Å²) in [5.41, 5.74) is -0.0300. The van der Waals surface area contributed by atoms with Crippen LogP contribution in [0.3, 0.4) is 0 Å². The number of hydrogen-bond donors (Lipinski definition) is 3. The van der Waals surface area contributed by atoms with Crippen molar-refractivity contribution in [3.05, 3.63) is 48.0 Å². The lowest BCUT2D eigenvalue weighted by atomic mass is 10.1. The maximum absolute atomic E-state index is 12.8. The molecule has 0 unspecified atom stereocenters. The predicted octanol–water partition coefficient (Wildman–Crippen LogP) is 2.11. The van der Waals surface area contributed by atoms with Gasteiger partial charge in [-0.15, -0.1) is 0 Å². The van der Waals surface area contributed by atoms with Crippen molar-refractivity contribution in [2.24, 2.45) is 5.14 Å². The van der Waals surface area contributed by atoms with E-state index in [2.05, 4.69) is 10.6 Å². The Morgan fingerprint density at radius 3 is 2.35 bits per heavy atom. The molecule has 2 rings (SSSR count). The van der Waals surface area contributed by atoms with Crippen LogP contribution in [-0.2, 0) is 38.6 Å². The van der Waals surface area contributed by atoms with Gasteiger partial charge in [-0.1, -0.05) is 31.5 Å². The lowest BCUT2D eigenvalue weighted by Crippen LogP contribution is -2.36. The topological polar surface area (TPSA) is 189 Å². The molecule has 0 radical (unpaired) electrons. The number of benzene rings is 2.